The average molecular weight is 509 g/mol. The predicted molar refractivity (Wildman–Crippen MR) is 148 cm³/mol. The van der Waals surface area contributed by atoms with Gasteiger partial charge in [0.25, 0.3) is 0 Å². The van der Waals surface area contributed by atoms with Crippen molar-refractivity contribution in [1.29, 1.82) is 0 Å². The number of benzene rings is 4. The van der Waals surface area contributed by atoms with Crippen LogP contribution in [0.25, 0.3) is 22.0 Å². The molecule has 3 N–H and O–H groups in total. The predicted octanol–water partition coefficient (Wildman–Crippen LogP) is 6.88. The SMILES string of the molecule is O=C(O)Cc1cccc(CNc2cccc(-c3c(C(O)c4ccccc4)cnc4c(Cl)cccc34)c2)c1. The average Bonchev–Trinajstić information content (AvgIpc) is 2.91. The molecule has 0 radical (unpaired) electrons. The topological polar surface area (TPSA) is 82.5 Å². The Morgan fingerprint density at radius 3 is 2.46 bits per heavy atom. The summed E-state index contributed by atoms with van der Waals surface area (Å²) in [5, 5.41) is 25.3. The van der Waals surface area contributed by atoms with Crippen molar-refractivity contribution in [2.24, 2.45) is 0 Å². The summed E-state index contributed by atoms with van der Waals surface area (Å²) in [5.41, 5.74) is 6.60. The van der Waals surface area contributed by atoms with Gasteiger partial charge < -0.3 is 15.5 Å². The molecule has 5 rings (SSSR count). The van der Waals surface area contributed by atoms with Gasteiger partial charge >= 0.3 is 5.97 Å². The van der Waals surface area contributed by atoms with Gasteiger partial charge in [-0.05, 0) is 46.0 Å². The Bertz CT molecular complexity index is 1570. The molecule has 0 saturated heterocycles. The molecule has 0 spiro atoms. The van der Waals surface area contributed by atoms with Crippen molar-refractivity contribution in [2.75, 3.05) is 5.32 Å². The number of nitrogens with one attached hydrogen (secondary N) is 1. The van der Waals surface area contributed by atoms with Gasteiger partial charge in [0, 0.05) is 29.4 Å². The van der Waals surface area contributed by atoms with Crippen LogP contribution in [0.1, 0.15) is 28.4 Å². The van der Waals surface area contributed by atoms with E-state index in [9.17, 15) is 9.90 Å². The minimum atomic E-state index is -0.860. The Labute approximate surface area is 220 Å². The van der Waals surface area contributed by atoms with Crippen LogP contribution in [0.15, 0.2) is 103 Å². The molecule has 1 aromatic heterocycles. The summed E-state index contributed by atoms with van der Waals surface area (Å²) in [6.07, 6.45) is 0.837. The maximum atomic E-state index is 11.3. The first-order valence-electron chi connectivity index (χ1n) is 11.9. The second kappa shape index (κ2) is 10.8. The number of aliphatic carboxylic acids is 1. The van der Waals surface area contributed by atoms with Gasteiger partial charge in [-0.25, -0.2) is 0 Å². The van der Waals surface area contributed by atoms with Gasteiger partial charge in [0.05, 0.1) is 17.0 Å². The Morgan fingerprint density at radius 1 is 0.892 bits per heavy atom. The van der Waals surface area contributed by atoms with E-state index < -0.39 is 12.1 Å². The summed E-state index contributed by atoms with van der Waals surface area (Å²) >= 11 is 6.48. The molecule has 5 nitrogen and oxygen atoms in total. The molecule has 0 bridgehead atoms. The molecule has 1 unspecified atom stereocenters. The highest BCUT2D eigenvalue weighted by Gasteiger charge is 2.20. The van der Waals surface area contributed by atoms with Crippen molar-refractivity contribution in [3.8, 4) is 11.1 Å². The van der Waals surface area contributed by atoms with E-state index in [1.54, 1.807) is 6.20 Å². The van der Waals surface area contributed by atoms with E-state index in [1.807, 2.05) is 97.1 Å². The van der Waals surface area contributed by atoms with E-state index in [0.717, 1.165) is 38.9 Å². The molecule has 0 fully saturated rings. The van der Waals surface area contributed by atoms with Crippen molar-refractivity contribution in [3.63, 3.8) is 0 Å². The molecule has 0 aliphatic rings. The molecule has 4 aromatic carbocycles. The first-order chi connectivity index (χ1) is 18.0. The molecule has 37 heavy (non-hydrogen) atoms. The lowest BCUT2D eigenvalue weighted by Crippen LogP contribution is -2.05. The molecule has 0 aliphatic heterocycles. The van der Waals surface area contributed by atoms with Gasteiger partial charge in [0.1, 0.15) is 6.10 Å². The number of aliphatic hydroxyl groups excluding tert-OH is 1. The molecular weight excluding hydrogens is 484 g/mol. The lowest BCUT2D eigenvalue weighted by molar-refractivity contribution is -0.136. The van der Waals surface area contributed by atoms with Crippen molar-refractivity contribution < 1.29 is 15.0 Å². The lowest BCUT2D eigenvalue weighted by Gasteiger charge is -2.19. The molecule has 0 amide bonds. The van der Waals surface area contributed by atoms with Gasteiger partial charge in [-0.3, -0.25) is 9.78 Å². The zero-order chi connectivity index (χ0) is 25.8. The molecule has 1 heterocycles. The number of halogens is 1. The highest BCUT2D eigenvalue weighted by Crippen LogP contribution is 2.39. The number of fused-ring (bicyclic) bond motifs is 1. The summed E-state index contributed by atoms with van der Waals surface area (Å²) in [4.78, 5) is 15.7. The summed E-state index contributed by atoms with van der Waals surface area (Å²) in [6.45, 7) is 0.541. The van der Waals surface area contributed by atoms with Crippen LogP contribution in [0.3, 0.4) is 0 Å². The normalized spacial score (nSPS) is 11.8. The number of anilines is 1. The smallest absolute Gasteiger partial charge is 0.307 e. The van der Waals surface area contributed by atoms with Gasteiger partial charge in [-0.2, -0.15) is 0 Å². The van der Waals surface area contributed by atoms with Crippen LogP contribution in [-0.2, 0) is 17.8 Å². The highest BCUT2D eigenvalue weighted by atomic mass is 35.5. The maximum Gasteiger partial charge on any atom is 0.307 e. The standard InChI is InChI=1S/C31H25ClN2O3/c32-27-14-6-13-25-29(26(19-34-30(25)27)31(37)22-9-2-1-3-10-22)23-11-5-12-24(17-23)33-18-21-8-4-7-20(15-21)16-28(35)36/h1-15,17,19,31,33,37H,16,18H2,(H,35,36). The number of aliphatic hydroxyl groups is 1. The van der Waals surface area contributed by atoms with E-state index in [0.29, 0.717) is 22.6 Å². The fourth-order valence-electron chi connectivity index (χ4n) is 4.56. The summed E-state index contributed by atoms with van der Waals surface area (Å²) in [7, 11) is 0. The number of aromatic nitrogens is 1. The van der Waals surface area contributed by atoms with Gasteiger partial charge in [0.15, 0.2) is 0 Å². The Balaban J connectivity index is 1.52. The number of rotatable bonds is 8. The monoisotopic (exact) mass is 508 g/mol. The van der Waals surface area contributed by atoms with E-state index in [-0.39, 0.29) is 6.42 Å². The van der Waals surface area contributed by atoms with Crippen LogP contribution in [0.5, 0.6) is 0 Å². The molecule has 1 atom stereocenters. The summed E-state index contributed by atoms with van der Waals surface area (Å²) < 4.78 is 0. The number of carboxylic acid groups (broad SMARTS) is 1. The summed E-state index contributed by atoms with van der Waals surface area (Å²) in [5.74, 6) is -0.851. The van der Waals surface area contributed by atoms with E-state index in [1.165, 1.54) is 0 Å². The van der Waals surface area contributed by atoms with Crippen molar-refractivity contribution in [2.45, 2.75) is 19.1 Å². The lowest BCUT2D eigenvalue weighted by atomic mass is 9.91. The molecule has 184 valence electrons. The summed E-state index contributed by atoms with van der Waals surface area (Å²) in [6, 6.07) is 30.7. The molecule has 6 heteroatoms. The van der Waals surface area contributed by atoms with Crippen LogP contribution in [-0.4, -0.2) is 21.2 Å². The second-order valence-electron chi connectivity index (χ2n) is 8.86. The number of para-hydroxylation sites is 1. The number of hydrogen-bond acceptors (Lipinski definition) is 4. The third-order valence-electron chi connectivity index (χ3n) is 6.28. The first kappa shape index (κ1) is 24.5. The third-order valence-corrected chi connectivity index (χ3v) is 6.59. The molecule has 0 saturated carbocycles. The molecular formula is C31H25ClN2O3. The molecule has 0 aliphatic carbocycles. The van der Waals surface area contributed by atoms with Crippen molar-refractivity contribution in [1.82, 2.24) is 4.98 Å². The third kappa shape index (κ3) is 5.48. The quantitative estimate of drug-likeness (QED) is 0.213. The van der Waals surface area contributed by atoms with Crippen LogP contribution in [0.4, 0.5) is 5.69 Å². The van der Waals surface area contributed by atoms with Crippen LogP contribution >= 0.6 is 11.6 Å². The highest BCUT2D eigenvalue weighted by molar-refractivity contribution is 6.35. The number of carbonyl (C=O) groups is 1. The van der Waals surface area contributed by atoms with Crippen molar-refractivity contribution >= 4 is 34.2 Å². The van der Waals surface area contributed by atoms with Gasteiger partial charge in [-0.15, -0.1) is 0 Å². The fraction of sp³-hybridized carbons (Fsp3) is 0.0968. The van der Waals surface area contributed by atoms with E-state index in [4.69, 9.17) is 16.7 Å². The van der Waals surface area contributed by atoms with Gasteiger partial charge in [-0.1, -0.05) is 90.5 Å². The van der Waals surface area contributed by atoms with Crippen molar-refractivity contribution in [3.05, 3.63) is 131 Å². The van der Waals surface area contributed by atoms with Crippen LogP contribution < -0.4 is 5.32 Å². The van der Waals surface area contributed by atoms with Crippen LogP contribution in [0, 0.1) is 0 Å². The number of carboxylic acids is 1. The van der Waals surface area contributed by atoms with Crippen LogP contribution in [0.2, 0.25) is 5.02 Å². The minimum absolute atomic E-state index is 0.00643. The van der Waals surface area contributed by atoms with Gasteiger partial charge in [0.2, 0.25) is 0 Å². The largest absolute Gasteiger partial charge is 0.481 e. The molecule has 5 aromatic rings. The Morgan fingerprint density at radius 2 is 1.65 bits per heavy atom. The second-order valence-corrected chi connectivity index (χ2v) is 9.27. The Hall–Kier alpha value is -4.19. The fourth-order valence-corrected chi connectivity index (χ4v) is 4.78. The zero-order valence-electron chi connectivity index (χ0n) is 19.9. The zero-order valence-corrected chi connectivity index (χ0v) is 20.7. The number of nitrogens with zero attached hydrogens (tertiary/aromatic N) is 1. The Kier molecular flexibility index (Phi) is 7.17. The minimum Gasteiger partial charge on any atom is -0.481 e. The van der Waals surface area contributed by atoms with E-state index in [2.05, 4.69) is 10.3 Å². The number of hydrogen-bond donors (Lipinski definition) is 3. The maximum absolute atomic E-state index is 11.3. The number of pyridine rings is 1. The van der Waals surface area contributed by atoms with E-state index >= 15 is 0 Å². The first-order valence-corrected chi connectivity index (χ1v) is 12.3.